The molecule has 7 N–H and O–H groups in total. The van der Waals surface area contributed by atoms with E-state index in [0.717, 1.165) is 0 Å². The maximum atomic E-state index is 8.51. The SMILES string of the molecule is CN(CC(O)(O)O)C(N)CN. The van der Waals surface area contributed by atoms with E-state index in [0.29, 0.717) is 0 Å². The topological polar surface area (TPSA) is 116 Å². The lowest BCUT2D eigenvalue weighted by Crippen LogP contribution is -2.51. The molecule has 0 aliphatic heterocycles. The second kappa shape index (κ2) is 3.96. The fourth-order valence-electron chi connectivity index (χ4n) is 0.632. The third-order valence-electron chi connectivity index (χ3n) is 1.27. The highest BCUT2D eigenvalue weighted by molar-refractivity contribution is 4.64. The molecule has 68 valence electrons. The Morgan fingerprint density at radius 3 is 2.18 bits per heavy atom. The fraction of sp³-hybridized carbons (Fsp3) is 1.00. The minimum atomic E-state index is -2.71. The Morgan fingerprint density at radius 2 is 1.91 bits per heavy atom. The molecule has 11 heavy (non-hydrogen) atoms. The number of likely N-dealkylation sites (N-methyl/N-ethyl adjacent to an activating group) is 1. The molecule has 6 heteroatoms. The van der Waals surface area contributed by atoms with Gasteiger partial charge in [-0.25, -0.2) is 0 Å². The van der Waals surface area contributed by atoms with Gasteiger partial charge < -0.3 is 26.8 Å². The summed E-state index contributed by atoms with van der Waals surface area (Å²) in [5, 5.41) is 25.5. The number of nitrogens with zero attached hydrogens (tertiary/aromatic N) is 1. The molecule has 0 fully saturated rings. The van der Waals surface area contributed by atoms with Crippen LogP contribution in [0.5, 0.6) is 0 Å². The van der Waals surface area contributed by atoms with Crippen molar-refractivity contribution in [2.45, 2.75) is 12.1 Å². The lowest BCUT2D eigenvalue weighted by atomic mass is 10.4. The fourth-order valence-corrected chi connectivity index (χ4v) is 0.632. The molecule has 0 aliphatic rings. The zero-order valence-corrected chi connectivity index (χ0v) is 6.44. The molecule has 0 bridgehead atoms. The van der Waals surface area contributed by atoms with Crippen molar-refractivity contribution in [1.29, 1.82) is 0 Å². The highest BCUT2D eigenvalue weighted by Crippen LogP contribution is 1.97. The molecule has 0 saturated carbocycles. The van der Waals surface area contributed by atoms with Crippen molar-refractivity contribution in [2.75, 3.05) is 20.1 Å². The van der Waals surface area contributed by atoms with Gasteiger partial charge in [0.05, 0.1) is 12.7 Å². The van der Waals surface area contributed by atoms with Gasteiger partial charge >= 0.3 is 0 Å². The van der Waals surface area contributed by atoms with Crippen LogP contribution in [0.15, 0.2) is 0 Å². The van der Waals surface area contributed by atoms with Gasteiger partial charge in [0.15, 0.2) is 0 Å². The number of rotatable bonds is 4. The van der Waals surface area contributed by atoms with Crippen LogP contribution in [-0.2, 0) is 0 Å². The largest absolute Gasteiger partial charge is 0.343 e. The lowest BCUT2D eigenvalue weighted by molar-refractivity contribution is -0.317. The Labute approximate surface area is 65.0 Å². The van der Waals surface area contributed by atoms with E-state index in [1.807, 2.05) is 0 Å². The molecule has 0 rings (SSSR count). The van der Waals surface area contributed by atoms with E-state index in [1.165, 1.54) is 11.9 Å². The average Bonchev–Trinajstić information content (AvgIpc) is 1.82. The molecular weight excluding hydrogens is 150 g/mol. The number of hydrogen-bond donors (Lipinski definition) is 5. The van der Waals surface area contributed by atoms with Gasteiger partial charge in [-0.2, -0.15) is 0 Å². The van der Waals surface area contributed by atoms with Crippen molar-refractivity contribution in [3.8, 4) is 0 Å². The summed E-state index contributed by atoms with van der Waals surface area (Å²) in [5.41, 5.74) is 10.6. The first kappa shape index (κ1) is 10.8. The van der Waals surface area contributed by atoms with Gasteiger partial charge in [0.2, 0.25) is 0 Å². The summed E-state index contributed by atoms with van der Waals surface area (Å²) in [6.45, 7) is -0.169. The molecule has 1 unspecified atom stereocenters. The van der Waals surface area contributed by atoms with E-state index < -0.39 is 12.1 Å². The molecule has 0 saturated heterocycles. The molecule has 0 aliphatic carbocycles. The van der Waals surface area contributed by atoms with Crippen molar-refractivity contribution < 1.29 is 15.3 Å². The molecule has 0 radical (unpaired) electrons. The number of aliphatic hydroxyl groups is 3. The predicted octanol–water partition coefficient (Wildman–Crippen LogP) is -3.21. The maximum absolute atomic E-state index is 8.51. The Hall–Kier alpha value is -0.240. The van der Waals surface area contributed by atoms with E-state index in [9.17, 15) is 0 Å². The standard InChI is InChI=1S/C5H15N3O3/c1-8(4(7)2-6)3-5(9,10)11/h4,9-11H,2-3,6-7H2,1H3. The summed E-state index contributed by atoms with van der Waals surface area (Å²) in [6.07, 6.45) is -0.485. The van der Waals surface area contributed by atoms with Gasteiger partial charge in [0.1, 0.15) is 0 Å². The van der Waals surface area contributed by atoms with Gasteiger partial charge in [-0.05, 0) is 7.05 Å². The third kappa shape index (κ3) is 5.08. The van der Waals surface area contributed by atoms with Crippen molar-refractivity contribution in [1.82, 2.24) is 4.90 Å². The first-order valence-corrected chi connectivity index (χ1v) is 3.20. The van der Waals surface area contributed by atoms with Gasteiger partial charge in [0, 0.05) is 6.54 Å². The normalized spacial score (nSPS) is 15.5. The van der Waals surface area contributed by atoms with Crippen molar-refractivity contribution >= 4 is 0 Å². The van der Waals surface area contributed by atoms with E-state index in [4.69, 9.17) is 26.8 Å². The highest BCUT2D eigenvalue weighted by atomic mass is 16.7. The number of nitrogens with two attached hydrogens (primary N) is 2. The van der Waals surface area contributed by atoms with Crippen LogP contribution in [0.2, 0.25) is 0 Å². The molecule has 0 heterocycles. The van der Waals surface area contributed by atoms with E-state index in [1.54, 1.807) is 0 Å². The smallest absolute Gasteiger partial charge is 0.288 e. The van der Waals surface area contributed by atoms with Gasteiger partial charge in [-0.3, -0.25) is 4.90 Å². The molecule has 0 aromatic carbocycles. The molecule has 0 aromatic rings. The van der Waals surface area contributed by atoms with E-state index >= 15 is 0 Å². The molecule has 1 atom stereocenters. The summed E-state index contributed by atoms with van der Waals surface area (Å²) in [4.78, 5) is 1.33. The van der Waals surface area contributed by atoms with E-state index in [2.05, 4.69) is 0 Å². The van der Waals surface area contributed by atoms with Crippen LogP contribution in [0.25, 0.3) is 0 Å². The van der Waals surface area contributed by atoms with Crippen LogP contribution in [0, 0.1) is 0 Å². The van der Waals surface area contributed by atoms with Crippen molar-refractivity contribution in [2.24, 2.45) is 11.5 Å². The summed E-state index contributed by atoms with van der Waals surface area (Å²) in [7, 11) is 1.52. The average molecular weight is 165 g/mol. The Morgan fingerprint density at radius 1 is 1.45 bits per heavy atom. The molecule has 0 spiro atoms. The summed E-state index contributed by atoms with van der Waals surface area (Å²) in [5.74, 6) is -2.71. The van der Waals surface area contributed by atoms with Crippen LogP contribution >= 0.6 is 0 Å². The van der Waals surface area contributed by atoms with Crippen LogP contribution in [0.3, 0.4) is 0 Å². The monoisotopic (exact) mass is 165 g/mol. The summed E-state index contributed by atoms with van der Waals surface area (Å²) < 4.78 is 0. The second-order valence-electron chi connectivity index (χ2n) is 2.49. The Bertz CT molecular complexity index is 114. The minimum absolute atomic E-state index is 0.187. The van der Waals surface area contributed by atoms with Gasteiger partial charge in [0.25, 0.3) is 5.97 Å². The number of hydrogen-bond acceptors (Lipinski definition) is 6. The zero-order valence-electron chi connectivity index (χ0n) is 6.44. The third-order valence-corrected chi connectivity index (χ3v) is 1.27. The molecule has 0 amide bonds. The van der Waals surface area contributed by atoms with Gasteiger partial charge in [-0.15, -0.1) is 0 Å². The Balaban J connectivity index is 3.77. The summed E-state index contributed by atoms with van der Waals surface area (Å²) in [6, 6.07) is 0. The quantitative estimate of drug-likeness (QED) is 0.280. The minimum Gasteiger partial charge on any atom is -0.343 e. The Kier molecular flexibility index (Phi) is 3.87. The second-order valence-corrected chi connectivity index (χ2v) is 2.49. The lowest BCUT2D eigenvalue weighted by Gasteiger charge is -2.26. The highest BCUT2D eigenvalue weighted by Gasteiger charge is 2.22. The van der Waals surface area contributed by atoms with Crippen molar-refractivity contribution in [3.05, 3.63) is 0 Å². The molecule has 6 nitrogen and oxygen atoms in total. The van der Waals surface area contributed by atoms with Gasteiger partial charge in [-0.1, -0.05) is 0 Å². The van der Waals surface area contributed by atoms with Crippen molar-refractivity contribution in [3.63, 3.8) is 0 Å². The van der Waals surface area contributed by atoms with Crippen LogP contribution < -0.4 is 11.5 Å². The van der Waals surface area contributed by atoms with Crippen LogP contribution in [0.4, 0.5) is 0 Å². The van der Waals surface area contributed by atoms with E-state index in [-0.39, 0.29) is 13.1 Å². The first-order valence-electron chi connectivity index (χ1n) is 3.20. The van der Waals surface area contributed by atoms with Crippen LogP contribution in [0.1, 0.15) is 0 Å². The maximum Gasteiger partial charge on any atom is 0.288 e. The zero-order chi connectivity index (χ0) is 9.07. The molecule has 0 aromatic heterocycles. The van der Waals surface area contributed by atoms with Crippen LogP contribution in [-0.4, -0.2) is 52.5 Å². The molecular formula is C5H15N3O3. The first-order chi connectivity index (χ1) is 4.87. The predicted molar refractivity (Wildman–Crippen MR) is 39.0 cm³/mol. The summed E-state index contributed by atoms with van der Waals surface area (Å²) >= 11 is 0.